The number of rotatable bonds is 6. The number of aryl methyl sites for hydroxylation is 2. The lowest BCUT2D eigenvalue weighted by molar-refractivity contribution is -0.138. The standard InChI is InChI=1S/C15H22N4O3/c1-10-8-11(5-6-13(20)16-2)18-15(17-10)12-4-3-7-19(12)9-14(21)22/h8,12H,3-7,9H2,1-2H3,(H,16,20)(H,21,22)/t12-/m0/s1. The smallest absolute Gasteiger partial charge is 0.317 e. The van der Waals surface area contributed by atoms with Gasteiger partial charge >= 0.3 is 5.97 Å². The molecule has 22 heavy (non-hydrogen) atoms. The van der Waals surface area contributed by atoms with E-state index in [1.807, 2.05) is 17.9 Å². The highest BCUT2D eigenvalue weighted by atomic mass is 16.4. The molecule has 1 amide bonds. The molecule has 2 N–H and O–H groups in total. The maximum absolute atomic E-state index is 11.4. The minimum absolute atomic E-state index is 0.00947. The summed E-state index contributed by atoms with van der Waals surface area (Å²) < 4.78 is 0. The summed E-state index contributed by atoms with van der Waals surface area (Å²) >= 11 is 0. The number of aromatic nitrogens is 2. The summed E-state index contributed by atoms with van der Waals surface area (Å²) in [5.74, 6) is -0.184. The Morgan fingerprint density at radius 1 is 1.45 bits per heavy atom. The summed E-state index contributed by atoms with van der Waals surface area (Å²) in [6, 6.07) is 1.83. The molecule has 0 bridgehead atoms. The lowest BCUT2D eigenvalue weighted by Crippen LogP contribution is -2.30. The van der Waals surface area contributed by atoms with E-state index in [4.69, 9.17) is 5.11 Å². The quantitative estimate of drug-likeness (QED) is 0.802. The summed E-state index contributed by atoms with van der Waals surface area (Å²) in [4.78, 5) is 33.2. The summed E-state index contributed by atoms with van der Waals surface area (Å²) in [7, 11) is 1.61. The van der Waals surface area contributed by atoms with E-state index in [1.54, 1.807) is 7.05 Å². The van der Waals surface area contributed by atoms with Crippen molar-refractivity contribution in [2.24, 2.45) is 0 Å². The van der Waals surface area contributed by atoms with E-state index in [0.29, 0.717) is 18.7 Å². The Bertz CT molecular complexity index is 562. The average Bonchev–Trinajstić information content (AvgIpc) is 2.91. The molecule has 7 heteroatoms. The molecule has 7 nitrogen and oxygen atoms in total. The van der Waals surface area contributed by atoms with E-state index in [0.717, 1.165) is 30.8 Å². The van der Waals surface area contributed by atoms with Gasteiger partial charge in [-0.25, -0.2) is 9.97 Å². The fourth-order valence-corrected chi connectivity index (χ4v) is 2.78. The van der Waals surface area contributed by atoms with Crippen LogP contribution in [0, 0.1) is 6.92 Å². The number of hydrogen-bond donors (Lipinski definition) is 2. The van der Waals surface area contributed by atoms with Crippen molar-refractivity contribution in [2.45, 2.75) is 38.6 Å². The Labute approximate surface area is 129 Å². The van der Waals surface area contributed by atoms with Gasteiger partial charge in [0.25, 0.3) is 0 Å². The van der Waals surface area contributed by atoms with E-state index in [1.165, 1.54) is 0 Å². The van der Waals surface area contributed by atoms with Crippen LogP contribution in [0.25, 0.3) is 0 Å². The minimum Gasteiger partial charge on any atom is -0.480 e. The molecule has 1 saturated heterocycles. The van der Waals surface area contributed by atoms with Crippen molar-refractivity contribution in [3.05, 3.63) is 23.3 Å². The molecule has 2 rings (SSSR count). The molecule has 0 radical (unpaired) electrons. The van der Waals surface area contributed by atoms with Crippen molar-refractivity contribution in [2.75, 3.05) is 20.1 Å². The minimum atomic E-state index is -0.834. The zero-order valence-corrected chi connectivity index (χ0v) is 13.0. The number of carboxylic acid groups (broad SMARTS) is 1. The highest BCUT2D eigenvalue weighted by molar-refractivity contribution is 5.75. The largest absolute Gasteiger partial charge is 0.480 e. The van der Waals surface area contributed by atoms with Gasteiger partial charge in [0.1, 0.15) is 5.82 Å². The molecule has 1 aromatic rings. The average molecular weight is 306 g/mol. The number of hydrogen-bond acceptors (Lipinski definition) is 5. The molecular weight excluding hydrogens is 284 g/mol. The molecule has 1 aromatic heterocycles. The summed E-state index contributed by atoms with van der Waals surface area (Å²) in [5.41, 5.74) is 1.67. The molecule has 0 spiro atoms. The second kappa shape index (κ2) is 7.31. The maximum atomic E-state index is 11.4. The van der Waals surface area contributed by atoms with Crippen LogP contribution in [0.3, 0.4) is 0 Å². The van der Waals surface area contributed by atoms with Gasteiger partial charge in [-0.3, -0.25) is 14.5 Å². The molecular formula is C15H22N4O3. The molecule has 120 valence electrons. The first-order chi connectivity index (χ1) is 10.5. The van der Waals surface area contributed by atoms with Gasteiger partial charge in [-0.1, -0.05) is 0 Å². The van der Waals surface area contributed by atoms with Crippen LogP contribution in [-0.4, -0.2) is 52.0 Å². The predicted molar refractivity (Wildman–Crippen MR) is 80.3 cm³/mol. The van der Waals surface area contributed by atoms with Gasteiger partial charge in [0.15, 0.2) is 0 Å². The fraction of sp³-hybridized carbons (Fsp3) is 0.600. The molecule has 1 atom stereocenters. The van der Waals surface area contributed by atoms with Crippen LogP contribution in [0.4, 0.5) is 0 Å². The van der Waals surface area contributed by atoms with Gasteiger partial charge in [-0.2, -0.15) is 0 Å². The first-order valence-corrected chi connectivity index (χ1v) is 7.50. The van der Waals surface area contributed by atoms with Crippen LogP contribution in [0.15, 0.2) is 6.07 Å². The number of carboxylic acids is 1. The van der Waals surface area contributed by atoms with Crippen LogP contribution < -0.4 is 5.32 Å². The van der Waals surface area contributed by atoms with Gasteiger partial charge in [0.2, 0.25) is 5.91 Å². The normalized spacial score (nSPS) is 18.4. The van der Waals surface area contributed by atoms with E-state index < -0.39 is 5.97 Å². The number of nitrogens with one attached hydrogen (secondary N) is 1. The predicted octanol–water partition coefficient (Wildman–Crippen LogP) is 0.685. The van der Waals surface area contributed by atoms with Crippen molar-refractivity contribution in [1.82, 2.24) is 20.2 Å². The van der Waals surface area contributed by atoms with Crippen LogP contribution in [0.2, 0.25) is 0 Å². The number of likely N-dealkylation sites (tertiary alicyclic amines) is 1. The second-order valence-electron chi connectivity index (χ2n) is 5.55. The van der Waals surface area contributed by atoms with Gasteiger partial charge in [-0.15, -0.1) is 0 Å². The van der Waals surface area contributed by atoms with Gasteiger partial charge in [0, 0.05) is 24.9 Å². The third-order valence-corrected chi connectivity index (χ3v) is 3.81. The molecule has 0 saturated carbocycles. The van der Waals surface area contributed by atoms with Crippen molar-refractivity contribution in [3.8, 4) is 0 Å². The van der Waals surface area contributed by atoms with E-state index in [9.17, 15) is 9.59 Å². The lowest BCUT2D eigenvalue weighted by atomic mass is 10.1. The Morgan fingerprint density at radius 2 is 2.23 bits per heavy atom. The van der Waals surface area contributed by atoms with E-state index in [2.05, 4.69) is 15.3 Å². The van der Waals surface area contributed by atoms with Crippen LogP contribution in [0.5, 0.6) is 0 Å². The van der Waals surface area contributed by atoms with Gasteiger partial charge in [0.05, 0.1) is 12.6 Å². The Kier molecular flexibility index (Phi) is 5.43. The molecule has 2 heterocycles. The number of aliphatic carboxylic acids is 1. The number of amides is 1. The molecule has 0 aliphatic carbocycles. The van der Waals surface area contributed by atoms with Crippen molar-refractivity contribution < 1.29 is 14.7 Å². The molecule has 1 aliphatic rings. The van der Waals surface area contributed by atoms with Crippen LogP contribution >= 0.6 is 0 Å². The molecule has 1 aliphatic heterocycles. The Balaban J connectivity index is 2.14. The molecule has 0 unspecified atom stereocenters. The lowest BCUT2D eigenvalue weighted by Gasteiger charge is -2.21. The number of nitrogens with zero attached hydrogens (tertiary/aromatic N) is 3. The SMILES string of the molecule is CNC(=O)CCc1cc(C)nc([C@@H]2CCCN2CC(=O)O)n1. The highest BCUT2D eigenvalue weighted by Gasteiger charge is 2.29. The summed E-state index contributed by atoms with van der Waals surface area (Å²) in [6.45, 7) is 2.66. The monoisotopic (exact) mass is 306 g/mol. The first kappa shape index (κ1) is 16.4. The van der Waals surface area contributed by atoms with E-state index in [-0.39, 0.29) is 18.5 Å². The Hall–Kier alpha value is -2.02. The topological polar surface area (TPSA) is 95.4 Å². The Morgan fingerprint density at radius 3 is 2.91 bits per heavy atom. The number of carbonyl (C=O) groups excluding carboxylic acids is 1. The molecule has 0 aromatic carbocycles. The zero-order chi connectivity index (χ0) is 16.1. The van der Waals surface area contributed by atoms with Crippen molar-refractivity contribution in [1.29, 1.82) is 0 Å². The van der Waals surface area contributed by atoms with Crippen molar-refractivity contribution >= 4 is 11.9 Å². The number of carbonyl (C=O) groups is 2. The zero-order valence-electron chi connectivity index (χ0n) is 13.0. The summed E-state index contributed by atoms with van der Waals surface area (Å²) in [6.07, 6.45) is 2.76. The highest BCUT2D eigenvalue weighted by Crippen LogP contribution is 2.29. The van der Waals surface area contributed by atoms with Crippen LogP contribution in [-0.2, 0) is 16.0 Å². The van der Waals surface area contributed by atoms with Crippen molar-refractivity contribution in [3.63, 3.8) is 0 Å². The summed E-state index contributed by atoms with van der Waals surface area (Å²) in [5, 5.41) is 11.6. The van der Waals surface area contributed by atoms with Crippen LogP contribution in [0.1, 0.15) is 42.5 Å². The third-order valence-electron chi connectivity index (χ3n) is 3.81. The molecule has 1 fully saturated rings. The fourth-order valence-electron chi connectivity index (χ4n) is 2.78. The van der Waals surface area contributed by atoms with E-state index >= 15 is 0 Å². The third kappa shape index (κ3) is 4.24. The maximum Gasteiger partial charge on any atom is 0.317 e. The van der Waals surface area contributed by atoms with Gasteiger partial charge in [-0.05, 0) is 38.8 Å². The van der Waals surface area contributed by atoms with Gasteiger partial charge < -0.3 is 10.4 Å². The second-order valence-corrected chi connectivity index (χ2v) is 5.55. The first-order valence-electron chi connectivity index (χ1n) is 7.50.